The number of pyridine rings is 1. The van der Waals surface area contributed by atoms with Gasteiger partial charge >= 0.3 is 0 Å². The summed E-state index contributed by atoms with van der Waals surface area (Å²) in [6.45, 7) is 0. The largest absolute Gasteiger partial charge is 0.497 e. The van der Waals surface area contributed by atoms with Crippen LogP contribution < -0.4 is 20.5 Å². The van der Waals surface area contributed by atoms with Gasteiger partial charge in [0.2, 0.25) is 5.96 Å². The zero-order valence-corrected chi connectivity index (χ0v) is 17.9. The van der Waals surface area contributed by atoms with Gasteiger partial charge in [0.05, 0.1) is 31.7 Å². The Morgan fingerprint density at radius 2 is 1.77 bits per heavy atom. The van der Waals surface area contributed by atoms with Gasteiger partial charge in [-0.05, 0) is 24.3 Å². The lowest BCUT2D eigenvalue weighted by atomic mass is 10.1. The van der Waals surface area contributed by atoms with Crippen molar-refractivity contribution in [2.45, 2.75) is 0 Å². The van der Waals surface area contributed by atoms with Crippen molar-refractivity contribution in [1.29, 1.82) is 0 Å². The molecule has 0 fully saturated rings. The Morgan fingerprint density at radius 1 is 1.13 bits per heavy atom. The van der Waals surface area contributed by atoms with Crippen LogP contribution in [0.3, 0.4) is 0 Å². The number of fused-ring (bicyclic) bond motifs is 1. The molecule has 0 aliphatic rings. The number of guanidine groups is 1. The molecule has 0 atom stereocenters. The lowest BCUT2D eigenvalue weighted by molar-refractivity contribution is 0.0978. The van der Waals surface area contributed by atoms with Crippen LogP contribution >= 0.6 is 0 Å². The first-order valence-electron chi connectivity index (χ1n) is 8.76. The first-order valence-corrected chi connectivity index (χ1v) is 10.6. The van der Waals surface area contributed by atoms with E-state index in [1.54, 1.807) is 37.4 Å². The first-order chi connectivity index (χ1) is 14.6. The minimum absolute atomic E-state index is 0.000948. The van der Waals surface area contributed by atoms with Crippen LogP contribution in [0.1, 0.15) is 10.4 Å². The molecule has 164 valence electrons. The molecule has 31 heavy (non-hydrogen) atoms. The zero-order valence-electron chi connectivity index (χ0n) is 17.1. The number of amides is 1. The fourth-order valence-corrected chi connectivity index (χ4v) is 2.52. The van der Waals surface area contributed by atoms with E-state index in [0.29, 0.717) is 39.9 Å². The van der Waals surface area contributed by atoms with Crippen LogP contribution in [0.2, 0.25) is 0 Å². The normalized spacial score (nSPS) is 11.3. The second-order valence-electron chi connectivity index (χ2n) is 6.10. The number of aliphatic imine (C=N–C) groups is 1. The summed E-state index contributed by atoms with van der Waals surface area (Å²) < 4.78 is 36.5. The van der Waals surface area contributed by atoms with Gasteiger partial charge < -0.3 is 15.2 Å². The SMILES string of the molecule is COc1cc(OC)c2nccc(C(=O)NC(N)=Nc3ccccc3)c2c1.CS(=O)(=O)O. The summed E-state index contributed by atoms with van der Waals surface area (Å²) in [5.74, 6) is 0.674. The van der Waals surface area contributed by atoms with Gasteiger partial charge in [0.15, 0.2) is 0 Å². The van der Waals surface area contributed by atoms with E-state index >= 15 is 0 Å². The summed E-state index contributed by atoms with van der Waals surface area (Å²) in [5, 5.41) is 3.18. The van der Waals surface area contributed by atoms with Gasteiger partial charge in [0.25, 0.3) is 16.0 Å². The van der Waals surface area contributed by atoms with Crippen LogP contribution in [-0.4, -0.2) is 50.3 Å². The van der Waals surface area contributed by atoms with Crippen LogP contribution in [0, 0.1) is 0 Å². The number of carbonyl (C=O) groups is 1. The predicted molar refractivity (Wildman–Crippen MR) is 118 cm³/mol. The molecule has 0 saturated carbocycles. The summed E-state index contributed by atoms with van der Waals surface area (Å²) in [4.78, 5) is 21.1. The average molecular weight is 446 g/mol. The lowest BCUT2D eigenvalue weighted by Gasteiger charge is -2.11. The number of hydrogen-bond donors (Lipinski definition) is 3. The molecule has 4 N–H and O–H groups in total. The number of nitrogens with one attached hydrogen (secondary N) is 1. The maximum absolute atomic E-state index is 12.7. The van der Waals surface area contributed by atoms with E-state index in [1.165, 1.54) is 13.3 Å². The van der Waals surface area contributed by atoms with Crippen molar-refractivity contribution in [2.24, 2.45) is 10.7 Å². The Kier molecular flexibility index (Phi) is 7.88. The molecule has 0 radical (unpaired) electrons. The molecular weight excluding hydrogens is 424 g/mol. The van der Waals surface area contributed by atoms with E-state index in [2.05, 4.69) is 15.3 Å². The second-order valence-corrected chi connectivity index (χ2v) is 7.57. The topological polar surface area (TPSA) is 153 Å². The highest BCUT2D eigenvalue weighted by molar-refractivity contribution is 7.85. The van der Waals surface area contributed by atoms with Crippen molar-refractivity contribution in [3.8, 4) is 11.5 Å². The molecule has 10 nitrogen and oxygen atoms in total. The van der Waals surface area contributed by atoms with Crippen LogP contribution in [0.5, 0.6) is 11.5 Å². The monoisotopic (exact) mass is 446 g/mol. The number of hydrogen-bond acceptors (Lipinski definition) is 7. The molecule has 1 amide bonds. The van der Waals surface area contributed by atoms with Crippen molar-refractivity contribution in [3.05, 3.63) is 60.3 Å². The van der Waals surface area contributed by atoms with E-state index < -0.39 is 16.0 Å². The van der Waals surface area contributed by atoms with E-state index in [4.69, 9.17) is 19.8 Å². The van der Waals surface area contributed by atoms with Crippen molar-refractivity contribution < 1.29 is 27.2 Å². The van der Waals surface area contributed by atoms with Crippen LogP contribution in [0.15, 0.2) is 59.7 Å². The fraction of sp³-hybridized carbons (Fsp3) is 0.150. The van der Waals surface area contributed by atoms with Gasteiger partial charge in [-0.25, -0.2) is 4.99 Å². The number of benzene rings is 2. The van der Waals surface area contributed by atoms with Gasteiger partial charge in [0.1, 0.15) is 17.0 Å². The Bertz CT molecular complexity index is 1190. The number of rotatable bonds is 4. The van der Waals surface area contributed by atoms with Crippen molar-refractivity contribution >= 4 is 38.6 Å². The standard InChI is InChI=1S/C19H18N4O3.CH4O3S/c1-25-13-10-15-14(8-9-21-17(15)16(11-13)26-2)18(24)23-19(20)22-12-6-4-3-5-7-12;1-5(2,3)4/h3-11H,1-2H3,(H3,20,22,23,24);1H3,(H,2,3,4). The second kappa shape index (κ2) is 10.4. The van der Waals surface area contributed by atoms with Gasteiger partial charge in [-0.1, -0.05) is 18.2 Å². The highest BCUT2D eigenvalue weighted by atomic mass is 32.2. The maximum atomic E-state index is 12.7. The number of nitrogens with zero attached hydrogens (tertiary/aromatic N) is 2. The lowest BCUT2D eigenvalue weighted by Crippen LogP contribution is -2.36. The number of para-hydroxylation sites is 1. The predicted octanol–water partition coefficient (Wildman–Crippen LogP) is 2.13. The van der Waals surface area contributed by atoms with Crippen LogP contribution in [0.25, 0.3) is 10.9 Å². The van der Waals surface area contributed by atoms with E-state index in [9.17, 15) is 13.2 Å². The third-order valence-corrected chi connectivity index (χ3v) is 3.73. The Labute approximate surface area is 179 Å². The minimum atomic E-state index is -3.67. The molecule has 0 bridgehead atoms. The van der Waals surface area contributed by atoms with Crippen molar-refractivity contribution in [1.82, 2.24) is 10.3 Å². The Hall–Kier alpha value is -3.70. The van der Waals surface area contributed by atoms with Crippen molar-refractivity contribution in [3.63, 3.8) is 0 Å². The van der Waals surface area contributed by atoms with Crippen LogP contribution in [-0.2, 0) is 10.1 Å². The molecule has 3 rings (SSSR count). The van der Waals surface area contributed by atoms with E-state index in [1.807, 2.05) is 18.2 Å². The third-order valence-electron chi connectivity index (χ3n) is 3.73. The number of nitrogens with two attached hydrogens (primary N) is 1. The fourth-order valence-electron chi connectivity index (χ4n) is 2.52. The number of methoxy groups -OCH3 is 2. The van der Waals surface area contributed by atoms with Crippen LogP contribution in [0.4, 0.5) is 5.69 Å². The van der Waals surface area contributed by atoms with Gasteiger partial charge in [-0.3, -0.25) is 19.6 Å². The maximum Gasteiger partial charge on any atom is 0.261 e. The summed E-state index contributed by atoms with van der Waals surface area (Å²) in [6.07, 6.45) is 2.25. The highest BCUT2D eigenvalue weighted by Gasteiger charge is 2.15. The van der Waals surface area contributed by atoms with Gasteiger partial charge in [0, 0.05) is 17.6 Å². The average Bonchev–Trinajstić information content (AvgIpc) is 2.71. The molecule has 0 unspecified atom stereocenters. The minimum Gasteiger partial charge on any atom is -0.497 e. The number of ether oxygens (including phenoxy) is 2. The Morgan fingerprint density at radius 3 is 2.35 bits per heavy atom. The molecule has 0 aliphatic heterocycles. The van der Waals surface area contributed by atoms with E-state index in [-0.39, 0.29) is 5.96 Å². The zero-order chi connectivity index (χ0) is 23.0. The summed E-state index contributed by atoms with van der Waals surface area (Å²) in [7, 11) is -0.589. The molecular formula is C20H22N4O6S. The summed E-state index contributed by atoms with van der Waals surface area (Å²) in [6, 6.07) is 14.2. The molecule has 1 aromatic heterocycles. The molecule has 0 spiro atoms. The first kappa shape index (κ1) is 23.6. The highest BCUT2D eigenvalue weighted by Crippen LogP contribution is 2.31. The number of carbonyl (C=O) groups excluding carboxylic acids is 1. The van der Waals surface area contributed by atoms with Gasteiger partial charge in [-0.15, -0.1) is 0 Å². The molecule has 1 heterocycles. The Balaban J connectivity index is 0.000000614. The van der Waals surface area contributed by atoms with Gasteiger partial charge in [-0.2, -0.15) is 8.42 Å². The quantitative estimate of drug-likeness (QED) is 0.313. The molecule has 0 saturated heterocycles. The molecule has 3 aromatic rings. The molecule has 11 heteroatoms. The summed E-state index contributed by atoms with van der Waals surface area (Å²) >= 11 is 0. The number of aromatic nitrogens is 1. The molecule has 2 aromatic carbocycles. The summed E-state index contributed by atoms with van der Waals surface area (Å²) in [5.41, 5.74) is 7.44. The smallest absolute Gasteiger partial charge is 0.261 e. The third kappa shape index (κ3) is 7.24. The van der Waals surface area contributed by atoms with Crippen molar-refractivity contribution in [2.75, 3.05) is 20.5 Å². The van der Waals surface area contributed by atoms with E-state index in [0.717, 1.165) is 0 Å². The molecule has 0 aliphatic carbocycles.